The Bertz CT molecular complexity index is 1000. The Labute approximate surface area is 185 Å². The fraction of sp³-hybridized carbons (Fsp3) is 0.526. The Balaban J connectivity index is 2.38. The van der Waals surface area contributed by atoms with E-state index in [0.29, 0.717) is 6.42 Å². The van der Waals surface area contributed by atoms with E-state index >= 15 is 0 Å². The van der Waals surface area contributed by atoms with Gasteiger partial charge in [0.25, 0.3) is 0 Å². The van der Waals surface area contributed by atoms with Crippen molar-refractivity contribution in [3.05, 3.63) is 40.2 Å². The van der Waals surface area contributed by atoms with Crippen LogP contribution in [0.15, 0.2) is 12.1 Å². The first-order valence-electron chi connectivity index (χ1n) is 9.62. The van der Waals surface area contributed by atoms with Gasteiger partial charge in [-0.2, -0.15) is 15.0 Å². The largest absolute Gasteiger partial charge is 0.394 e. The smallest absolute Gasteiger partial charge is 0.241 e. The molecule has 3 N–H and O–H groups in total. The van der Waals surface area contributed by atoms with Crippen LogP contribution < -0.4 is 10.0 Å². The second-order valence-electron chi connectivity index (χ2n) is 7.81. The first-order chi connectivity index (χ1) is 14.4. The van der Waals surface area contributed by atoms with E-state index in [1.807, 2.05) is 13.8 Å². The third-order valence-corrected chi connectivity index (χ3v) is 5.06. The Morgan fingerprint density at radius 1 is 1.10 bits per heavy atom. The van der Waals surface area contributed by atoms with Crippen LogP contribution in [0.2, 0.25) is 5.02 Å². The van der Waals surface area contributed by atoms with Gasteiger partial charge < -0.3 is 10.4 Å². The maximum atomic E-state index is 14.3. The summed E-state index contributed by atoms with van der Waals surface area (Å²) in [5.41, 5.74) is -0.176. The molecule has 172 valence electrons. The van der Waals surface area contributed by atoms with E-state index in [1.165, 1.54) is 0 Å². The molecule has 1 aromatic carbocycles. The quantitative estimate of drug-likeness (QED) is 0.480. The topological polar surface area (TPSA) is 117 Å². The molecule has 2 unspecified atom stereocenters. The van der Waals surface area contributed by atoms with Crippen molar-refractivity contribution >= 4 is 33.5 Å². The van der Waals surface area contributed by atoms with E-state index in [4.69, 9.17) is 11.6 Å². The number of aliphatic hydroxyl groups excluding tert-OH is 1. The monoisotopic (exact) mass is 477 g/mol. The number of nitrogens with one attached hydrogen (secondary N) is 2. The molecule has 0 spiro atoms. The fourth-order valence-electron chi connectivity index (χ4n) is 3.12. The maximum absolute atomic E-state index is 14.3. The molecule has 0 aliphatic carbocycles. The van der Waals surface area contributed by atoms with Gasteiger partial charge in [-0.25, -0.2) is 17.2 Å². The number of rotatable bonds is 10. The van der Waals surface area contributed by atoms with E-state index in [0.717, 1.165) is 18.4 Å². The van der Waals surface area contributed by atoms with E-state index in [9.17, 15) is 22.3 Å². The van der Waals surface area contributed by atoms with Crippen LogP contribution in [0.4, 0.5) is 20.7 Å². The molecule has 2 rings (SSSR count). The molecule has 0 aliphatic heterocycles. The van der Waals surface area contributed by atoms with Gasteiger partial charge in [0, 0.05) is 17.0 Å². The summed E-state index contributed by atoms with van der Waals surface area (Å²) in [7, 11) is -3.68. The number of benzene rings is 1. The lowest BCUT2D eigenvalue weighted by Gasteiger charge is -2.19. The van der Waals surface area contributed by atoms with Crippen molar-refractivity contribution in [2.75, 3.05) is 22.9 Å². The number of halogens is 3. The summed E-state index contributed by atoms with van der Waals surface area (Å²) in [6, 6.07) is 1.67. The van der Waals surface area contributed by atoms with Gasteiger partial charge in [0.1, 0.15) is 17.5 Å². The summed E-state index contributed by atoms with van der Waals surface area (Å²) in [6.07, 6.45) is 1.56. The van der Waals surface area contributed by atoms with Crippen LogP contribution in [0.1, 0.15) is 44.5 Å². The van der Waals surface area contributed by atoms with Crippen molar-refractivity contribution in [2.24, 2.45) is 5.92 Å². The van der Waals surface area contributed by atoms with Crippen molar-refractivity contribution < 1.29 is 22.3 Å². The van der Waals surface area contributed by atoms with Gasteiger partial charge >= 0.3 is 0 Å². The molecule has 1 aromatic heterocycles. The second-order valence-corrected chi connectivity index (χ2v) is 10.00. The van der Waals surface area contributed by atoms with Crippen molar-refractivity contribution in [3.8, 4) is 0 Å². The van der Waals surface area contributed by atoms with E-state index in [2.05, 4.69) is 25.0 Å². The fourth-order valence-corrected chi connectivity index (χ4v) is 3.73. The van der Waals surface area contributed by atoms with Crippen molar-refractivity contribution in [1.82, 2.24) is 15.0 Å². The molecular weight excluding hydrogens is 452 g/mol. The summed E-state index contributed by atoms with van der Waals surface area (Å²) >= 11 is 5.68. The molecule has 0 fully saturated rings. The third kappa shape index (κ3) is 7.82. The normalized spacial score (nSPS) is 13.8. The van der Waals surface area contributed by atoms with Gasteiger partial charge in [0.05, 0.1) is 18.9 Å². The molecule has 0 radical (unpaired) electrons. The van der Waals surface area contributed by atoms with Crippen molar-refractivity contribution in [3.63, 3.8) is 0 Å². The number of anilines is 2. The molecule has 0 saturated carbocycles. The van der Waals surface area contributed by atoms with Crippen LogP contribution >= 0.6 is 11.6 Å². The Hall–Kier alpha value is -2.11. The zero-order chi connectivity index (χ0) is 23.3. The third-order valence-electron chi connectivity index (χ3n) is 4.29. The first kappa shape index (κ1) is 25.2. The molecular formula is C19H26ClF2N5O3S. The molecule has 31 heavy (non-hydrogen) atoms. The van der Waals surface area contributed by atoms with Crippen LogP contribution in [0, 0.1) is 17.6 Å². The highest BCUT2D eigenvalue weighted by atomic mass is 35.5. The second kappa shape index (κ2) is 10.5. The molecule has 2 aromatic rings. The first-order valence-corrected chi connectivity index (χ1v) is 11.9. The van der Waals surface area contributed by atoms with Crippen molar-refractivity contribution in [2.45, 2.75) is 45.6 Å². The molecule has 2 atom stereocenters. The molecule has 1 heterocycles. The summed E-state index contributed by atoms with van der Waals surface area (Å²) in [4.78, 5) is 12.4. The summed E-state index contributed by atoms with van der Waals surface area (Å²) in [5.74, 6) is -2.07. The Morgan fingerprint density at radius 3 is 2.19 bits per heavy atom. The minimum Gasteiger partial charge on any atom is -0.394 e. The number of aromatic nitrogens is 3. The van der Waals surface area contributed by atoms with E-state index in [-0.39, 0.29) is 53.3 Å². The van der Waals surface area contributed by atoms with E-state index in [1.54, 1.807) is 6.92 Å². The zero-order valence-corrected chi connectivity index (χ0v) is 19.2. The predicted molar refractivity (Wildman–Crippen MR) is 116 cm³/mol. The van der Waals surface area contributed by atoms with Gasteiger partial charge in [-0.05, 0) is 30.4 Å². The van der Waals surface area contributed by atoms with Crippen LogP contribution in [0.3, 0.4) is 0 Å². The average Bonchev–Trinajstić information content (AvgIpc) is 2.57. The average molecular weight is 478 g/mol. The lowest BCUT2D eigenvalue weighted by atomic mass is 9.96. The zero-order valence-electron chi connectivity index (χ0n) is 17.7. The lowest BCUT2D eigenvalue weighted by Crippen LogP contribution is -2.27. The van der Waals surface area contributed by atoms with Crippen molar-refractivity contribution in [1.29, 1.82) is 0 Å². The Morgan fingerprint density at radius 2 is 1.68 bits per heavy atom. The number of hydrogen-bond acceptors (Lipinski definition) is 7. The Kier molecular flexibility index (Phi) is 8.49. The van der Waals surface area contributed by atoms with Gasteiger partial charge in [-0.15, -0.1) is 0 Å². The molecule has 0 amide bonds. The molecule has 0 bridgehead atoms. The number of aliphatic hydroxyl groups is 1. The highest BCUT2D eigenvalue weighted by molar-refractivity contribution is 7.91. The SMILES string of the molecule is CC(C)CC(CO)Nc1nc(CC(C)c2c(F)cc(Cl)cc2F)nc(NS(C)(=O)=O)n1. The molecule has 0 aliphatic rings. The summed E-state index contributed by atoms with van der Waals surface area (Å²) in [6.45, 7) is 5.37. The van der Waals surface area contributed by atoms with Gasteiger partial charge in [0.2, 0.25) is 21.9 Å². The maximum Gasteiger partial charge on any atom is 0.241 e. The van der Waals surface area contributed by atoms with Crippen LogP contribution in [0.25, 0.3) is 0 Å². The minimum absolute atomic E-state index is 0.000906. The molecule has 0 saturated heterocycles. The minimum atomic E-state index is -3.68. The molecule has 12 heteroatoms. The van der Waals surface area contributed by atoms with Gasteiger partial charge in [0.15, 0.2) is 0 Å². The van der Waals surface area contributed by atoms with Gasteiger partial charge in [-0.1, -0.05) is 32.4 Å². The van der Waals surface area contributed by atoms with Gasteiger partial charge in [-0.3, -0.25) is 4.72 Å². The molecule has 8 nitrogen and oxygen atoms in total. The lowest BCUT2D eigenvalue weighted by molar-refractivity contribution is 0.259. The predicted octanol–water partition coefficient (Wildman–Crippen LogP) is 3.34. The van der Waals surface area contributed by atoms with Crippen LogP contribution in [0.5, 0.6) is 0 Å². The number of hydrogen-bond donors (Lipinski definition) is 3. The summed E-state index contributed by atoms with van der Waals surface area (Å²) < 4.78 is 54.0. The van der Waals surface area contributed by atoms with E-state index < -0.39 is 27.6 Å². The highest BCUT2D eigenvalue weighted by Gasteiger charge is 2.21. The number of sulfonamides is 1. The standard InChI is InChI=1S/C19H26ClF2N5O3S/c1-10(2)5-13(9-28)23-18-24-16(25-19(26-18)27-31(4,29)30)6-11(3)17-14(21)7-12(20)8-15(17)22/h7-8,10-11,13,28H,5-6,9H2,1-4H3,(H2,23,24,25,26,27). The highest BCUT2D eigenvalue weighted by Crippen LogP contribution is 2.28. The van der Waals surface area contributed by atoms with Crippen LogP contribution in [-0.2, 0) is 16.4 Å². The van der Waals surface area contributed by atoms with Crippen LogP contribution in [-0.4, -0.2) is 47.4 Å². The summed E-state index contributed by atoms with van der Waals surface area (Å²) in [5, 5.41) is 12.5. The number of nitrogens with zero attached hydrogens (tertiary/aromatic N) is 3.